The van der Waals surface area contributed by atoms with E-state index in [4.69, 9.17) is 11.6 Å². The van der Waals surface area contributed by atoms with Gasteiger partial charge in [-0.2, -0.15) is 0 Å². The lowest BCUT2D eigenvalue weighted by atomic mass is 10.0. The van der Waals surface area contributed by atoms with Crippen molar-refractivity contribution in [2.45, 2.75) is 19.4 Å². The highest BCUT2D eigenvalue weighted by molar-refractivity contribution is 6.17. The van der Waals surface area contributed by atoms with Crippen molar-refractivity contribution in [1.29, 1.82) is 0 Å². The predicted molar refractivity (Wildman–Crippen MR) is 58.3 cm³/mol. The van der Waals surface area contributed by atoms with Gasteiger partial charge < -0.3 is 5.32 Å². The Kier molecular flexibility index (Phi) is 4.26. The zero-order chi connectivity index (χ0) is 9.68. The lowest BCUT2D eigenvalue weighted by Gasteiger charge is -2.15. The molecule has 1 unspecified atom stereocenters. The highest BCUT2D eigenvalue weighted by atomic mass is 35.5. The molecular weight excluding hydrogens is 182 g/mol. The van der Waals surface area contributed by atoms with Gasteiger partial charge in [0, 0.05) is 11.9 Å². The molecule has 0 aliphatic carbocycles. The molecule has 0 aromatic heterocycles. The minimum Gasteiger partial charge on any atom is -0.313 e. The second-order valence-corrected chi connectivity index (χ2v) is 3.61. The van der Waals surface area contributed by atoms with E-state index in [9.17, 15) is 0 Å². The van der Waals surface area contributed by atoms with Crippen LogP contribution in [-0.4, -0.2) is 12.9 Å². The molecule has 0 bridgehead atoms. The number of halogens is 1. The number of hydrogen-bond acceptors (Lipinski definition) is 1. The number of hydrogen-bond donors (Lipinski definition) is 1. The fourth-order valence-corrected chi connectivity index (χ4v) is 1.69. The van der Waals surface area contributed by atoms with Crippen molar-refractivity contribution in [3.63, 3.8) is 0 Å². The minimum absolute atomic E-state index is 0.386. The first-order chi connectivity index (χ1) is 6.27. The fourth-order valence-electron chi connectivity index (χ4n) is 1.47. The predicted octanol–water partition coefficient (Wildman–Crippen LogP) is 2.88. The van der Waals surface area contributed by atoms with Crippen LogP contribution in [0.5, 0.6) is 0 Å². The molecule has 0 aliphatic rings. The molecule has 0 fully saturated rings. The molecule has 1 nitrogen and oxygen atoms in total. The number of aryl methyl sites for hydroxylation is 1. The van der Waals surface area contributed by atoms with E-state index >= 15 is 0 Å². The summed E-state index contributed by atoms with van der Waals surface area (Å²) in [4.78, 5) is 0. The number of nitrogens with one attached hydrogen (secondary N) is 1. The Morgan fingerprint density at radius 3 is 2.77 bits per heavy atom. The molecule has 0 saturated carbocycles. The first-order valence-corrected chi connectivity index (χ1v) is 5.11. The van der Waals surface area contributed by atoms with Crippen molar-refractivity contribution in [2.24, 2.45) is 0 Å². The molecule has 0 spiro atoms. The Balaban J connectivity index is 2.78. The third-order valence-electron chi connectivity index (χ3n) is 2.19. The summed E-state index contributed by atoms with van der Waals surface area (Å²) in [5.41, 5.74) is 2.62. The summed E-state index contributed by atoms with van der Waals surface area (Å²) >= 11 is 5.72. The van der Waals surface area contributed by atoms with E-state index in [0.29, 0.717) is 11.9 Å². The van der Waals surface area contributed by atoms with Crippen LogP contribution in [0.1, 0.15) is 23.6 Å². The summed E-state index contributed by atoms with van der Waals surface area (Å²) in [5.74, 6) is 0.694. The summed E-state index contributed by atoms with van der Waals surface area (Å²) < 4.78 is 0. The van der Waals surface area contributed by atoms with Crippen molar-refractivity contribution < 1.29 is 0 Å². The first kappa shape index (κ1) is 10.6. The van der Waals surface area contributed by atoms with Gasteiger partial charge in [-0.05, 0) is 26.0 Å². The fraction of sp³-hybridized carbons (Fsp3) is 0.455. The summed E-state index contributed by atoms with van der Waals surface area (Å²) in [5, 5.41) is 3.26. The summed E-state index contributed by atoms with van der Waals surface area (Å²) in [6, 6.07) is 8.92. The summed E-state index contributed by atoms with van der Waals surface area (Å²) in [7, 11) is 1.97. The minimum atomic E-state index is 0.386. The zero-order valence-corrected chi connectivity index (χ0v) is 8.93. The Labute approximate surface area is 85.1 Å². The van der Waals surface area contributed by atoms with Crippen LogP contribution in [0, 0.1) is 6.92 Å². The highest BCUT2D eigenvalue weighted by Gasteiger charge is 2.07. The average Bonchev–Trinajstić information content (AvgIpc) is 2.14. The largest absolute Gasteiger partial charge is 0.313 e. The molecule has 0 heterocycles. The smallest absolute Gasteiger partial charge is 0.0328 e. The van der Waals surface area contributed by atoms with Crippen LogP contribution in [0.3, 0.4) is 0 Å². The van der Waals surface area contributed by atoms with Gasteiger partial charge in [0.2, 0.25) is 0 Å². The third-order valence-corrected chi connectivity index (χ3v) is 2.41. The maximum Gasteiger partial charge on any atom is 0.0328 e. The van der Waals surface area contributed by atoms with Crippen molar-refractivity contribution in [3.05, 3.63) is 35.4 Å². The van der Waals surface area contributed by atoms with E-state index in [2.05, 4.69) is 36.5 Å². The molecule has 1 N–H and O–H groups in total. The number of rotatable bonds is 4. The van der Waals surface area contributed by atoms with E-state index in [1.54, 1.807) is 0 Å². The normalized spacial score (nSPS) is 12.8. The lowest BCUT2D eigenvalue weighted by Crippen LogP contribution is -2.16. The summed E-state index contributed by atoms with van der Waals surface area (Å²) in [6.45, 7) is 2.11. The average molecular weight is 198 g/mol. The molecule has 13 heavy (non-hydrogen) atoms. The summed E-state index contributed by atoms with van der Waals surface area (Å²) in [6.07, 6.45) is 0.974. The third kappa shape index (κ3) is 3.02. The topological polar surface area (TPSA) is 12.0 Å². The standard InChI is InChI=1S/C11H16ClN/c1-9-4-3-5-10(8-9)11(13-2)6-7-12/h3-5,8,11,13H,6-7H2,1-2H3. The van der Waals surface area contributed by atoms with Crippen molar-refractivity contribution in [3.8, 4) is 0 Å². The van der Waals surface area contributed by atoms with Crippen LogP contribution in [0.15, 0.2) is 24.3 Å². The highest BCUT2D eigenvalue weighted by Crippen LogP contribution is 2.17. The number of benzene rings is 1. The van der Waals surface area contributed by atoms with Gasteiger partial charge in [0.1, 0.15) is 0 Å². The maximum atomic E-state index is 5.72. The molecule has 1 rings (SSSR count). The van der Waals surface area contributed by atoms with E-state index in [-0.39, 0.29) is 0 Å². The SMILES string of the molecule is CNC(CCCl)c1cccc(C)c1. The van der Waals surface area contributed by atoms with Gasteiger partial charge in [-0.3, -0.25) is 0 Å². The first-order valence-electron chi connectivity index (χ1n) is 4.57. The Hall–Kier alpha value is -0.530. The van der Waals surface area contributed by atoms with Crippen LogP contribution in [-0.2, 0) is 0 Å². The molecule has 0 saturated heterocycles. The van der Waals surface area contributed by atoms with Gasteiger partial charge >= 0.3 is 0 Å². The van der Waals surface area contributed by atoms with Gasteiger partial charge in [-0.15, -0.1) is 11.6 Å². The van der Waals surface area contributed by atoms with Gasteiger partial charge in [0.05, 0.1) is 0 Å². The van der Waals surface area contributed by atoms with Crippen molar-refractivity contribution in [2.75, 3.05) is 12.9 Å². The maximum absolute atomic E-state index is 5.72. The van der Waals surface area contributed by atoms with E-state index < -0.39 is 0 Å². The zero-order valence-electron chi connectivity index (χ0n) is 8.18. The number of alkyl halides is 1. The van der Waals surface area contributed by atoms with Crippen LogP contribution in [0.4, 0.5) is 0 Å². The Morgan fingerprint density at radius 2 is 2.23 bits per heavy atom. The van der Waals surface area contributed by atoms with Gasteiger partial charge in [-0.25, -0.2) is 0 Å². The molecule has 0 radical (unpaired) electrons. The lowest BCUT2D eigenvalue weighted by molar-refractivity contribution is 0.579. The van der Waals surface area contributed by atoms with E-state index in [1.165, 1.54) is 11.1 Å². The van der Waals surface area contributed by atoms with E-state index in [1.807, 2.05) is 7.05 Å². The van der Waals surface area contributed by atoms with Crippen LogP contribution >= 0.6 is 11.6 Å². The molecule has 1 aromatic rings. The van der Waals surface area contributed by atoms with Gasteiger partial charge in [-0.1, -0.05) is 29.8 Å². The molecule has 0 amide bonds. The van der Waals surface area contributed by atoms with Crippen LogP contribution in [0.2, 0.25) is 0 Å². The molecule has 1 aromatic carbocycles. The Morgan fingerprint density at radius 1 is 1.46 bits per heavy atom. The van der Waals surface area contributed by atoms with Crippen molar-refractivity contribution in [1.82, 2.24) is 5.32 Å². The van der Waals surface area contributed by atoms with Crippen LogP contribution in [0.25, 0.3) is 0 Å². The molecular formula is C11H16ClN. The van der Waals surface area contributed by atoms with Gasteiger partial charge in [0.15, 0.2) is 0 Å². The molecule has 1 atom stereocenters. The monoisotopic (exact) mass is 197 g/mol. The van der Waals surface area contributed by atoms with E-state index in [0.717, 1.165) is 6.42 Å². The second kappa shape index (κ2) is 5.25. The van der Waals surface area contributed by atoms with Crippen molar-refractivity contribution >= 4 is 11.6 Å². The quantitative estimate of drug-likeness (QED) is 0.732. The van der Waals surface area contributed by atoms with Crippen LogP contribution < -0.4 is 5.32 Å². The Bertz CT molecular complexity index is 260. The second-order valence-electron chi connectivity index (χ2n) is 3.23. The molecule has 72 valence electrons. The molecule has 2 heteroatoms. The van der Waals surface area contributed by atoms with Gasteiger partial charge in [0.25, 0.3) is 0 Å². The molecule has 0 aliphatic heterocycles.